The van der Waals surface area contributed by atoms with Crippen LogP contribution in [-0.2, 0) is 0 Å². The highest BCUT2D eigenvalue weighted by molar-refractivity contribution is 6.15. The fourth-order valence-corrected chi connectivity index (χ4v) is 3.44. The van der Waals surface area contributed by atoms with Crippen molar-refractivity contribution in [3.05, 3.63) is 94.7 Å². The topological polar surface area (TPSA) is 61.8 Å². The molecule has 31 heavy (non-hydrogen) atoms. The first-order valence-corrected chi connectivity index (χ1v) is 10.1. The van der Waals surface area contributed by atoms with Gasteiger partial charge in [-0.25, -0.2) is 0 Å². The average Bonchev–Trinajstić information content (AvgIpc) is 3.09. The third-order valence-corrected chi connectivity index (χ3v) is 4.91. The molecule has 4 rings (SSSR count). The molecule has 0 spiro atoms. The van der Waals surface area contributed by atoms with Gasteiger partial charge < -0.3 is 14.2 Å². The molecule has 3 aromatic rings. The van der Waals surface area contributed by atoms with Crippen LogP contribution < -0.4 is 14.2 Å². The summed E-state index contributed by atoms with van der Waals surface area (Å²) in [5, 5.41) is 0. The zero-order valence-corrected chi connectivity index (χ0v) is 17.4. The van der Waals surface area contributed by atoms with Gasteiger partial charge in [-0.15, -0.1) is 0 Å². The summed E-state index contributed by atoms with van der Waals surface area (Å²) in [4.78, 5) is 25.2. The molecule has 0 N–H and O–H groups in total. The van der Waals surface area contributed by atoms with Crippen LogP contribution in [0.2, 0.25) is 0 Å². The Morgan fingerprint density at radius 2 is 1.74 bits per heavy atom. The highest BCUT2D eigenvalue weighted by Crippen LogP contribution is 2.38. The van der Waals surface area contributed by atoms with E-state index in [1.165, 1.54) is 0 Å². The molecule has 0 aromatic heterocycles. The summed E-state index contributed by atoms with van der Waals surface area (Å²) >= 11 is 0. The molecule has 5 heteroatoms. The van der Waals surface area contributed by atoms with E-state index in [-0.39, 0.29) is 23.9 Å². The summed E-state index contributed by atoms with van der Waals surface area (Å²) in [5.74, 6) is 1.50. The number of carbonyl (C=O) groups is 2. The lowest BCUT2D eigenvalue weighted by Gasteiger charge is -2.09. The predicted molar refractivity (Wildman–Crippen MR) is 118 cm³/mol. The summed E-state index contributed by atoms with van der Waals surface area (Å²) in [6.07, 6.45) is 1.69. The number of aryl methyl sites for hydroxylation is 1. The second kappa shape index (κ2) is 8.88. The van der Waals surface area contributed by atoms with E-state index in [1.54, 1.807) is 30.3 Å². The van der Waals surface area contributed by atoms with Crippen molar-refractivity contribution in [1.82, 2.24) is 0 Å². The number of para-hydroxylation sites is 1. The molecule has 0 atom stereocenters. The quantitative estimate of drug-likeness (QED) is 0.389. The largest absolute Gasteiger partial charge is 0.493 e. The summed E-state index contributed by atoms with van der Waals surface area (Å²) in [6, 6.07) is 19.8. The summed E-state index contributed by atoms with van der Waals surface area (Å²) in [7, 11) is 0. The van der Waals surface area contributed by atoms with Crippen molar-refractivity contribution in [2.45, 2.75) is 13.8 Å². The Kier molecular flexibility index (Phi) is 5.85. The standard InChI is InChI=1S/C26H22O5/c1-3-29-22-12-8-7-11-19(22)14-24-26(28)25-17(2)13-20(15-23(25)31-24)30-16-21(27)18-9-5-4-6-10-18/h4-15H,3,16H2,1-2H3/b24-14-. The molecular formula is C26H22O5. The van der Waals surface area contributed by atoms with Crippen molar-refractivity contribution < 1.29 is 23.8 Å². The molecule has 0 bridgehead atoms. The van der Waals surface area contributed by atoms with Gasteiger partial charge in [-0.2, -0.15) is 0 Å². The Balaban J connectivity index is 1.55. The van der Waals surface area contributed by atoms with Crippen LogP contribution in [0.25, 0.3) is 6.08 Å². The molecule has 0 saturated heterocycles. The molecule has 1 heterocycles. The van der Waals surface area contributed by atoms with E-state index in [0.717, 1.165) is 11.1 Å². The Labute approximate surface area is 180 Å². The zero-order chi connectivity index (χ0) is 21.8. The van der Waals surface area contributed by atoms with Crippen LogP contribution >= 0.6 is 0 Å². The van der Waals surface area contributed by atoms with Crippen molar-refractivity contribution in [3.63, 3.8) is 0 Å². The second-order valence-electron chi connectivity index (χ2n) is 7.10. The van der Waals surface area contributed by atoms with Crippen LogP contribution in [0.3, 0.4) is 0 Å². The maximum atomic E-state index is 12.9. The van der Waals surface area contributed by atoms with Crippen LogP contribution in [0.4, 0.5) is 0 Å². The smallest absolute Gasteiger partial charge is 0.232 e. The van der Waals surface area contributed by atoms with E-state index in [1.807, 2.05) is 56.3 Å². The van der Waals surface area contributed by atoms with Crippen LogP contribution in [0.1, 0.15) is 38.8 Å². The lowest BCUT2D eigenvalue weighted by atomic mass is 10.0. The van der Waals surface area contributed by atoms with E-state index in [0.29, 0.717) is 35.0 Å². The number of Topliss-reactive ketones (excluding diaryl/α,β-unsaturated/α-hetero) is 2. The second-order valence-corrected chi connectivity index (χ2v) is 7.10. The molecule has 5 nitrogen and oxygen atoms in total. The normalized spacial score (nSPS) is 13.6. The van der Waals surface area contributed by atoms with Crippen LogP contribution in [0, 0.1) is 6.92 Å². The van der Waals surface area contributed by atoms with Gasteiger partial charge in [-0.05, 0) is 37.6 Å². The summed E-state index contributed by atoms with van der Waals surface area (Å²) in [6.45, 7) is 4.16. The van der Waals surface area contributed by atoms with Gasteiger partial charge in [0, 0.05) is 17.2 Å². The Bertz CT molecular complexity index is 1160. The van der Waals surface area contributed by atoms with Gasteiger partial charge in [0.05, 0.1) is 12.2 Å². The third-order valence-electron chi connectivity index (χ3n) is 4.91. The molecule has 1 aliphatic heterocycles. The molecule has 0 unspecified atom stereocenters. The maximum absolute atomic E-state index is 12.9. The highest BCUT2D eigenvalue weighted by atomic mass is 16.5. The van der Waals surface area contributed by atoms with Crippen molar-refractivity contribution in [2.75, 3.05) is 13.2 Å². The third kappa shape index (κ3) is 4.36. The monoisotopic (exact) mass is 414 g/mol. The van der Waals surface area contributed by atoms with Crippen LogP contribution in [0.15, 0.2) is 72.5 Å². The first kappa shape index (κ1) is 20.4. The zero-order valence-electron chi connectivity index (χ0n) is 17.4. The first-order valence-electron chi connectivity index (χ1n) is 10.1. The fourth-order valence-electron chi connectivity index (χ4n) is 3.44. The minimum absolute atomic E-state index is 0.0966. The first-order chi connectivity index (χ1) is 15.1. The highest BCUT2D eigenvalue weighted by Gasteiger charge is 2.30. The number of fused-ring (bicyclic) bond motifs is 1. The number of ketones is 2. The van der Waals surface area contributed by atoms with E-state index >= 15 is 0 Å². The molecule has 3 aromatic carbocycles. The lowest BCUT2D eigenvalue weighted by Crippen LogP contribution is -2.11. The van der Waals surface area contributed by atoms with Gasteiger partial charge >= 0.3 is 0 Å². The predicted octanol–water partition coefficient (Wildman–Crippen LogP) is 5.27. The van der Waals surface area contributed by atoms with E-state index < -0.39 is 0 Å². The van der Waals surface area contributed by atoms with Gasteiger partial charge in [-0.1, -0.05) is 48.5 Å². The summed E-state index contributed by atoms with van der Waals surface area (Å²) in [5.41, 5.74) is 2.58. The van der Waals surface area contributed by atoms with Crippen LogP contribution in [-0.4, -0.2) is 24.8 Å². The van der Waals surface area contributed by atoms with Gasteiger partial charge in [0.1, 0.15) is 17.2 Å². The summed E-state index contributed by atoms with van der Waals surface area (Å²) < 4.78 is 17.2. The molecule has 1 aliphatic rings. The van der Waals surface area contributed by atoms with Gasteiger partial charge in [-0.3, -0.25) is 9.59 Å². The number of rotatable bonds is 7. The number of benzene rings is 3. The molecule has 0 radical (unpaired) electrons. The molecule has 0 amide bonds. The Hall–Kier alpha value is -3.86. The number of hydrogen-bond acceptors (Lipinski definition) is 5. The van der Waals surface area contributed by atoms with E-state index in [2.05, 4.69) is 0 Å². The van der Waals surface area contributed by atoms with Gasteiger partial charge in [0.15, 0.2) is 18.1 Å². The van der Waals surface area contributed by atoms with Crippen LogP contribution in [0.5, 0.6) is 17.2 Å². The maximum Gasteiger partial charge on any atom is 0.232 e. The minimum atomic E-state index is -0.189. The molecular weight excluding hydrogens is 392 g/mol. The molecule has 0 aliphatic carbocycles. The van der Waals surface area contributed by atoms with Crippen molar-refractivity contribution in [2.24, 2.45) is 0 Å². The van der Waals surface area contributed by atoms with E-state index in [4.69, 9.17) is 14.2 Å². The SMILES string of the molecule is CCOc1ccccc1/C=C1\Oc2cc(OCC(=O)c3ccccc3)cc(C)c2C1=O. The Morgan fingerprint density at radius 3 is 2.52 bits per heavy atom. The molecule has 156 valence electrons. The minimum Gasteiger partial charge on any atom is -0.493 e. The number of allylic oxidation sites excluding steroid dienone is 1. The molecule has 0 saturated carbocycles. The Morgan fingerprint density at radius 1 is 1.00 bits per heavy atom. The molecule has 0 fully saturated rings. The van der Waals surface area contributed by atoms with Gasteiger partial charge in [0.2, 0.25) is 5.78 Å². The average molecular weight is 414 g/mol. The number of carbonyl (C=O) groups excluding carboxylic acids is 2. The van der Waals surface area contributed by atoms with E-state index in [9.17, 15) is 9.59 Å². The van der Waals surface area contributed by atoms with Crippen molar-refractivity contribution >= 4 is 17.6 Å². The number of hydrogen-bond donors (Lipinski definition) is 0. The van der Waals surface area contributed by atoms with Gasteiger partial charge in [0.25, 0.3) is 0 Å². The fraction of sp³-hybridized carbons (Fsp3) is 0.154. The van der Waals surface area contributed by atoms with Crippen molar-refractivity contribution in [3.8, 4) is 17.2 Å². The number of ether oxygens (including phenoxy) is 3. The lowest BCUT2D eigenvalue weighted by molar-refractivity contribution is 0.0920. The van der Waals surface area contributed by atoms with Crippen molar-refractivity contribution in [1.29, 1.82) is 0 Å².